The Balaban J connectivity index is 1.26. The molecule has 0 spiro atoms. The number of aliphatic hydroxyl groups is 13. The van der Waals surface area contributed by atoms with Gasteiger partial charge in [0.25, 0.3) is 0 Å². The Hall–Kier alpha value is -1.88. The molecule has 0 aromatic rings. The van der Waals surface area contributed by atoms with Crippen molar-refractivity contribution in [3.63, 3.8) is 0 Å². The normalized spacial score (nSPS) is 42.3. The molecule has 21 nitrogen and oxygen atoms in total. The average molecular weight is 939 g/mol. The van der Waals surface area contributed by atoms with Crippen LogP contribution in [0.1, 0.15) is 73.1 Å². The molecule has 0 amide bonds. The predicted molar refractivity (Wildman–Crippen MR) is 226 cm³/mol. The Bertz CT molecular complexity index is 1550. The van der Waals surface area contributed by atoms with E-state index >= 15 is 0 Å². The molecule has 4 aliphatic rings. The van der Waals surface area contributed by atoms with Crippen LogP contribution in [0.5, 0.6) is 0 Å². The van der Waals surface area contributed by atoms with Gasteiger partial charge in [0.1, 0.15) is 85.5 Å². The number of allylic oxidation sites excluding steroid dienone is 3. The van der Waals surface area contributed by atoms with Gasteiger partial charge < -0.3 is 104 Å². The average Bonchev–Trinajstić information content (AvgIpc) is 3.28. The summed E-state index contributed by atoms with van der Waals surface area (Å²) in [7, 11) is 0. The SMILES string of the molecule is C=C[C@](C)(CC/C=C(\C)CC[C@@H](O)C(=C)CC/C=C(/C)CO[C@@H]1O[C@H](CO[C@@H]2O[C@@H](C)[C@H](O)[C@@H](O)[C@H]2O)[C@@H](O[C@@H]2O[C@@H](C)[C@H](O)[C@@H](O)[C@H]2O)[C@H](O)[C@H]1O)O[C@@H]1O[C@H](CO)[C@@H](O)[C@H](O)[C@H]1O. The van der Waals surface area contributed by atoms with Crippen molar-refractivity contribution in [1.82, 2.24) is 0 Å². The minimum absolute atomic E-state index is 0.0664. The summed E-state index contributed by atoms with van der Waals surface area (Å²) in [4.78, 5) is 0. The van der Waals surface area contributed by atoms with Gasteiger partial charge in [0.05, 0.1) is 43.7 Å². The van der Waals surface area contributed by atoms with Crippen LogP contribution in [0.15, 0.2) is 48.1 Å². The van der Waals surface area contributed by atoms with E-state index in [0.717, 1.165) is 5.57 Å². The zero-order valence-electron chi connectivity index (χ0n) is 37.7. The number of aliphatic hydroxyl groups excluding tert-OH is 13. The van der Waals surface area contributed by atoms with Gasteiger partial charge in [-0.15, -0.1) is 6.58 Å². The van der Waals surface area contributed by atoms with Gasteiger partial charge in [0.2, 0.25) is 0 Å². The highest BCUT2D eigenvalue weighted by Gasteiger charge is 2.52. The molecule has 13 N–H and O–H groups in total. The summed E-state index contributed by atoms with van der Waals surface area (Å²) in [6.07, 6.45) is -21.7. The van der Waals surface area contributed by atoms with Crippen molar-refractivity contribution < 1.29 is 104 Å². The van der Waals surface area contributed by atoms with Crippen molar-refractivity contribution in [1.29, 1.82) is 0 Å². The lowest BCUT2D eigenvalue weighted by Gasteiger charge is -2.46. The van der Waals surface area contributed by atoms with Gasteiger partial charge in [-0.25, -0.2) is 0 Å². The second kappa shape index (κ2) is 25.1. The van der Waals surface area contributed by atoms with Gasteiger partial charge >= 0.3 is 0 Å². The zero-order chi connectivity index (χ0) is 48.5. The molecule has 4 heterocycles. The fourth-order valence-corrected chi connectivity index (χ4v) is 7.83. The van der Waals surface area contributed by atoms with Crippen molar-refractivity contribution in [2.24, 2.45) is 0 Å². The van der Waals surface area contributed by atoms with Crippen molar-refractivity contribution >= 4 is 0 Å². The highest BCUT2D eigenvalue weighted by molar-refractivity contribution is 5.09. The largest absolute Gasteiger partial charge is 0.394 e. The Kier molecular flexibility index (Phi) is 21.5. The molecule has 4 aliphatic heterocycles. The van der Waals surface area contributed by atoms with E-state index in [2.05, 4.69) is 13.2 Å². The maximum absolute atomic E-state index is 11.3. The van der Waals surface area contributed by atoms with E-state index in [-0.39, 0.29) is 6.61 Å². The van der Waals surface area contributed by atoms with Gasteiger partial charge in [-0.1, -0.05) is 36.0 Å². The topological polar surface area (TPSA) is 337 Å². The van der Waals surface area contributed by atoms with E-state index < -0.39 is 148 Å². The van der Waals surface area contributed by atoms with E-state index in [1.54, 1.807) is 19.9 Å². The van der Waals surface area contributed by atoms with Gasteiger partial charge in [-0.05, 0) is 78.7 Å². The van der Waals surface area contributed by atoms with E-state index in [1.165, 1.54) is 13.8 Å². The summed E-state index contributed by atoms with van der Waals surface area (Å²) >= 11 is 0. The van der Waals surface area contributed by atoms with Crippen molar-refractivity contribution in [2.45, 2.75) is 208 Å². The minimum atomic E-state index is -1.76. The molecule has 376 valence electrons. The van der Waals surface area contributed by atoms with E-state index in [1.807, 2.05) is 19.1 Å². The molecule has 65 heavy (non-hydrogen) atoms. The number of hydrogen-bond donors (Lipinski definition) is 13. The summed E-state index contributed by atoms with van der Waals surface area (Å²) in [5, 5.41) is 135. The Labute approximate surface area is 379 Å². The molecule has 22 atom stereocenters. The van der Waals surface area contributed by atoms with E-state index in [0.29, 0.717) is 49.7 Å². The molecular weight excluding hydrogens is 864 g/mol. The zero-order valence-corrected chi connectivity index (χ0v) is 37.7. The summed E-state index contributed by atoms with van der Waals surface area (Å²) in [5.74, 6) is 0. The van der Waals surface area contributed by atoms with E-state index in [9.17, 15) is 66.4 Å². The van der Waals surface area contributed by atoms with Gasteiger partial charge in [-0.3, -0.25) is 0 Å². The third-order valence-corrected chi connectivity index (χ3v) is 12.5. The lowest BCUT2D eigenvalue weighted by atomic mass is 9.95. The Morgan fingerprint density at radius 3 is 1.77 bits per heavy atom. The molecule has 4 fully saturated rings. The predicted octanol–water partition coefficient (Wildman–Crippen LogP) is -2.58. The van der Waals surface area contributed by atoms with Crippen LogP contribution in [0.2, 0.25) is 0 Å². The van der Waals surface area contributed by atoms with Crippen LogP contribution in [-0.2, 0) is 37.9 Å². The van der Waals surface area contributed by atoms with Gasteiger partial charge in [0.15, 0.2) is 25.2 Å². The fraction of sp³-hybridized carbons (Fsp3) is 0.818. The first-order chi connectivity index (χ1) is 30.5. The maximum Gasteiger partial charge on any atom is 0.187 e. The first-order valence-electron chi connectivity index (χ1n) is 22.1. The number of rotatable bonds is 22. The summed E-state index contributed by atoms with van der Waals surface area (Å²) < 4.78 is 45.9. The molecule has 4 rings (SSSR count). The van der Waals surface area contributed by atoms with Crippen LogP contribution in [0, 0.1) is 0 Å². The molecule has 0 unspecified atom stereocenters. The molecule has 21 heteroatoms. The van der Waals surface area contributed by atoms with Crippen LogP contribution in [0.4, 0.5) is 0 Å². The molecule has 0 radical (unpaired) electrons. The first-order valence-corrected chi connectivity index (χ1v) is 22.1. The van der Waals surface area contributed by atoms with Crippen molar-refractivity contribution in [2.75, 3.05) is 19.8 Å². The smallest absolute Gasteiger partial charge is 0.187 e. The standard InChI is InChI=1S/C44H74O21/c1-8-44(7,65-43-37(56)33(52)30(49)26(17-45)62-43)16-10-12-20(2)14-15-25(46)22(4)13-9-11-21(3)18-58-41-38(57)34(53)39(64-42-36(55)32(51)29(48)24(6)61-42)27(63-41)19-59-40-35(54)31(50)28(47)23(5)60-40/h8,11-12,23-43,45-57H,1,4,9-10,13-19H2,2-3,5-7H3/b20-12+,21-11-/t23-,24-,25+,26+,27+,28-,29-,30+,31+,32+,33-,34+,35+,36+,37+,38+,39+,40+,41+,42-,43-,44+/m0/s1. The summed E-state index contributed by atoms with van der Waals surface area (Å²) in [6.45, 7) is 15.1. The van der Waals surface area contributed by atoms with Crippen LogP contribution in [0.3, 0.4) is 0 Å². The third-order valence-electron chi connectivity index (χ3n) is 12.5. The lowest BCUT2D eigenvalue weighted by Crippen LogP contribution is -2.64. The molecule has 0 saturated carbocycles. The van der Waals surface area contributed by atoms with Crippen LogP contribution < -0.4 is 0 Å². The second-order valence-electron chi connectivity index (χ2n) is 17.9. The first kappa shape index (κ1) is 55.7. The Morgan fingerprint density at radius 2 is 1.15 bits per heavy atom. The highest BCUT2D eigenvalue weighted by Crippen LogP contribution is 2.33. The highest BCUT2D eigenvalue weighted by atomic mass is 16.8. The number of ether oxygens (including phenoxy) is 8. The summed E-state index contributed by atoms with van der Waals surface area (Å²) in [6, 6.07) is 0. The molecular formula is C44H74O21. The monoisotopic (exact) mass is 938 g/mol. The lowest BCUT2D eigenvalue weighted by molar-refractivity contribution is -0.363. The number of hydrogen-bond acceptors (Lipinski definition) is 21. The molecule has 0 aliphatic carbocycles. The minimum Gasteiger partial charge on any atom is -0.394 e. The van der Waals surface area contributed by atoms with Crippen molar-refractivity contribution in [3.05, 3.63) is 48.1 Å². The molecule has 4 saturated heterocycles. The fourth-order valence-electron chi connectivity index (χ4n) is 7.83. The van der Waals surface area contributed by atoms with Crippen LogP contribution >= 0.6 is 0 Å². The molecule has 0 aromatic heterocycles. The maximum atomic E-state index is 11.3. The molecule has 0 bridgehead atoms. The van der Waals surface area contributed by atoms with E-state index in [4.69, 9.17) is 37.9 Å². The molecule has 0 aromatic carbocycles. The van der Waals surface area contributed by atoms with Crippen LogP contribution in [0.25, 0.3) is 0 Å². The Morgan fingerprint density at radius 1 is 0.631 bits per heavy atom. The third kappa shape index (κ3) is 14.6. The van der Waals surface area contributed by atoms with Gasteiger partial charge in [-0.2, -0.15) is 0 Å². The second-order valence-corrected chi connectivity index (χ2v) is 17.9. The quantitative estimate of drug-likeness (QED) is 0.0496. The summed E-state index contributed by atoms with van der Waals surface area (Å²) in [5.41, 5.74) is 1.36. The van der Waals surface area contributed by atoms with Crippen molar-refractivity contribution in [3.8, 4) is 0 Å². The van der Waals surface area contributed by atoms with Crippen LogP contribution in [-0.4, -0.2) is 221 Å². The van der Waals surface area contributed by atoms with Gasteiger partial charge in [0, 0.05) is 0 Å².